The van der Waals surface area contributed by atoms with Gasteiger partial charge in [0.15, 0.2) is 0 Å². The predicted octanol–water partition coefficient (Wildman–Crippen LogP) is 4.32. The molecule has 0 spiro atoms. The highest BCUT2D eigenvalue weighted by molar-refractivity contribution is 7.10. The van der Waals surface area contributed by atoms with E-state index in [2.05, 4.69) is 48.4 Å². The summed E-state index contributed by atoms with van der Waals surface area (Å²) in [7, 11) is 0. The van der Waals surface area contributed by atoms with Gasteiger partial charge in [0.05, 0.1) is 6.54 Å². The minimum atomic E-state index is 0.209. The van der Waals surface area contributed by atoms with Crippen molar-refractivity contribution >= 4 is 17.2 Å². The Morgan fingerprint density at radius 1 is 1.25 bits per heavy atom. The fraction of sp³-hybridized carbons (Fsp3) is 0.450. The van der Waals surface area contributed by atoms with Crippen LogP contribution in [0.3, 0.4) is 0 Å². The van der Waals surface area contributed by atoms with E-state index in [9.17, 15) is 4.79 Å². The van der Waals surface area contributed by atoms with Crippen LogP contribution in [0.4, 0.5) is 0 Å². The largest absolute Gasteiger partial charge is 0.335 e. The zero-order valence-corrected chi connectivity index (χ0v) is 15.3. The van der Waals surface area contributed by atoms with Crippen LogP contribution in [0.2, 0.25) is 0 Å². The molecule has 128 valence electrons. The summed E-state index contributed by atoms with van der Waals surface area (Å²) in [6.07, 6.45) is 2.34. The summed E-state index contributed by atoms with van der Waals surface area (Å²) in [6.45, 7) is 6.43. The van der Waals surface area contributed by atoms with Gasteiger partial charge in [0, 0.05) is 23.5 Å². The lowest BCUT2D eigenvalue weighted by atomic mass is 10.1. The highest BCUT2D eigenvalue weighted by Gasteiger charge is 2.30. The van der Waals surface area contributed by atoms with Gasteiger partial charge < -0.3 is 4.90 Å². The number of hydrogen-bond acceptors (Lipinski definition) is 3. The Bertz CT molecular complexity index is 639. The first-order valence-electron chi connectivity index (χ1n) is 8.76. The average molecular weight is 343 g/mol. The van der Waals surface area contributed by atoms with E-state index < -0.39 is 0 Å². The molecule has 0 aliphatic carbocycles. The standard InChI is InChI=1S/C20H26N2OS/c1-16(2)22(14-17-8-4-3-5-9-17)20(23)15-21-12-6-10-18(21)19-11-7-13-24-19/h3-5,7-9,11,13,16,18H,6,10,12,14-15H2,1-2H3. The zero-order valence-electron chi connectivity index (χ0n) is 14.5. The molecular weight excluding hydrogens is 316 g/mol. The van der Waals surface area contributed by atoms with Crippen molar-refractivity contribution in [3.05, 3.63) is 58.3 Å². The van der Waals surface area contributed by atoms with Gasteiger partial charge in [-0.2, -0.15) is 0 Å². The molecule has 1 aliphatic rings. The van der Waals surface area contributed by atoms with Gasteiger partial charge >= 0.3 is 0 Å². The van der Waals surface area contributed by atoms with Crippen LogP contribution < -0.4 is 0 Å². The smallest absolute Gasteiger partial charge is 0.237 e. The Labute approximate surface area is 148 Å². The van der Waals surface area contributed by atoms with Crippen LogP contribution in [-0.2, 0) is 11.3 Å². The quantitative estimate of drug-likeness (QED) is 0.780. The minimum absolute atomic E-state index is 0.209. The van der Waals surface area contributed by atoms with Crippen LogP contribution in [0.25, 0.3) is 0 Å². The molecule has 1 atom stereocenters. The van der Waals surface area contributed by atoms with Crippen molar-refractivity contribution in [3.63, 3.8) is 0 Å². The summed E-state index contributed by atoms with van der Waals surface area (Å²) < 4.78 is 0. The lowest BCUT2D eigenvalue weighted by Crippen LogP contribution is -2.43. The Morgan fingerprint density at radius 3 is 2.71 bits per heavy atom. The van der Waals surface area contributed by atoms with Crippen LogP contribution in [-0.4, -0.2) is 34.8 Å². The van der Waals surface area contributed by atoms with Crippen molar-refractivity contribution in [1.29, 1.82) is 0 Å². The van der Waals surface area contributed by atoms with Crippen molar-refractivity contribution in [2.45, 2.75) is 45.3 Å². The molecule has 1 fully saturated rings. The molecule has 1 amide bonds. The minimum Gasteiger partial charge on any atom is -0.335 e. The number of likely N-dealkylation sites (tertiary alicyclic amines) is 1. The summed E-state index contributed by atoms with van der Waals surface area (Å²) in [5.41, 5.74) is 1.19. The third-order valence-electron chi connectivity index (χ3n) is 4.71. The number of carbonyl (C=O) groups is 1. The van der Waals surface area contributed by atoms with Crippen LogP contribution in [0, 0.1) is 0 Å². The number of carbonyl (C=O) groups excluding carboxylic acids is 1. The van der Waals surface area contributed by atoms with Gasteiger partial charge in [-0.05, 0) is 50.2 Å². The number of benzene rings is 1. The second-order valence-corrected chi connectivity index (χ2v) is 7.72. The number of amides is 1. The summed E-state index contributed by atoms with van der Waals surface area (Å²) >= 11 is 1.80. The molecule has 0 bridgehead atoms. The third kappa shape index (κ3) is 4.05. The third-order valence-corrected chi connectivity index (χ3v) is 5.69. The number of nitrogens with zero attached hydrogens (tertiary/aromatic N) is 2. The zero-order chi connectivity index (χ0) is 16.9. The monoisotopic (exact) mass is 342 g/mol. The summed E-state index contributed by atoms with van der Waals surface area (Å²) in [5, 5.41) is 2.13. The van der Waals surface area contributed by atoms with E-state index in [1.165, 1.54) is 16.9 Å². The van der Waals surface area contributed by atoms with E-state index >= 15 is 0 Å². The van der Waals surface area contributed by atoms with Gasteiger partial charge in [-0.3, -0.25) is 9.69 Å². The summed E-state index contributed by atoms with van der Waals surface area (Å²) in [5.74, 6) is 0.234. The topological polar surface area (TPSA) is 23.6 Å². The second-order valence-electron chi connectivity index (χ2n) is 6.74. The van der Waals surface area contributed by atoms with Gasteiger partial charge in [0.2, 0.25) is 5.91 Å². The molecule has 1 aromatic heterocycles. The lowest BCUT2D eigenvalue weighted by Gasteiger charge is -2.31. The van der Waals surface area contributed by atoms with Gasteiger partial charge in [-0.1, -0.05) is 36.4 Å². The maximum absolute atomic E-state index is 12.9. The van der Waals surface area contributed by atoms with Crippen LogP contribution in [0.1, 0.15) is 43.2 Å². The fourth-order valence-electron chi connectivity index (χ4n) is 3.42. The SMILES string of the molecule is CC(C)N(Cc1ccccc1)C(=O)CN1CCCC1c1cccs1. The van der Waals surface area contributed by atoms with E-state index in [0.29, 0.717) is 19.1 Å². The molecule has 1 aromatic carbocycles. The van der Waals surface area contributed by atoms with E-state index in [-0.39, 0.29) is 11.9 Å². The maximum Gasteiger partial charge on any atom is 0.237 e. The van der Waals surface area contributed by atoms with Crippen LogP contribution in [0.5, 0.6) is 0 Å². The number of thiophene rings is 1. The maximum atomic E-state index is 12.9. The van der Waals surface area contributed by atoms with E-state index in [0.717, 1.165) is 13.0 Å². The Hall–Kier alpha value is -1.65. The molecule has 2 heterocycles. The van der Waals surface area contributed by atoms with Gasteiger partial charge in [0.1, 0.15) is 0 Å². The Morgan fingerprint density at radius 2 is 2.04 bits per heavy atom. The number of hydrogen-bond donors (Lipinski definition) is 0. The Balaban J connectivity index is 1.67. The summed E-state index contributed by atoms with van der Waals surface area (Å²) in [6, 6.07) is 15.2. The molecule has 0 saturated carbocycles. The fourth-order valence-corrected chi connectivity index (χ4v) is 4.32. The first-order chi connectivity index (χ1) is 11.6. The van der Waals surface area contributed by atoms with Crippen LogP contribution >= 0.6 is 11.3 Å². The van der Waals surface area contributed by atoms with E-state index in [1.807, 2.05) is 23.1 Å². The Kier molecular flexibility index (Phi) is 5.69. The van der Waals surface area contributed by atoms with Crippen LogP contribution in [0.15, 0.2) is 47.8 Å². The van der Waals surface area contributed by atoms with Crippen molar-refractivity contribution < 1.29 is 4.79 Å². The number of rotatable bonds is 6. The van der Waals surface area contributed by atoms with Crippen molar-refractivity contribution in [2.24, 2.45) is 0 Å². The molecular formula is C20H26N2OS. The highest BCUT2D eigenvalue weighted by Crippen LogP contribution is 2.34. The average Bonchev–Trinajstić information content (AvgIpc) is 3.24. The molecule has 1 unspecified atom stereocenters. The van der Waals surface area contributed by atoms with Crippen molar-refractivity contribution in [3.8, 4) is 0 Å². The predicted molar refractivity (Wildman–Crippen MR) is 100.0 cm³/mol. The van der Waals surface area contributed by atoms with Gasteiger partial charge in [-0.15, -0.1) is 11.3 Å². The molecule has 2 aromatic rings. The van der Waals surface area contributed by atoms with E-state index in [1.54, 1.807) is 11.3 Å². The molecule has 3 nitrogen and oxygen atoms in total. The van der Waals surface area contributed by atoms with E-state index in [4.69, 9.17) is 0 Å². The second kappa shape index (κ2) is 7.95. The molecule has 4 heteroatoms. The molecule has 24 heavy (non-hydrogen) atoms. The van der Waals surface area contributed by atoms with Crippen molar-refractivity contribution in [1.82, 2.24) is 9.80 Å². The highest BCUT2D eigenvalue weighted by atomic mass is 32.1. The molecule has 0 N–H and O–H groups in total. The molecule has 3 rings (SSSR count). The molecule has 1 saturated heterocycles. The first kappa shape index (κ1) is 17.2. The normalized spacial score (nSPS) is 18.2. The lowest BCUT2D eigenvalue weighted by molar-refractivity contribution is -0.135. The van der Waals surface area contributed by atoms with Crippen molar-refractivity contribution in [2.75, 3.05) is 13.1 Å². The first-order valence-corrected chi connectivity index (χ1v) is 9.64. The molecule has 1 aliphatic heterocycles. The summed E-state index contributed by atoms with van der Waals surface area (Å²) in [4.78, 5) is 18.7. The van der Waals surface area contributed by atoms with Gasteiger partial charge in [-0.25, -0.2) is 0 Å². The van der Waals surface area contributed by atoms with Gasteiger partial charge in [0.25, 0.3) is 0 Å². The molecule has 0 radical (unpaired) electrons.